The van der Waals surface area contributed by atoms with Crippen molar-refractivity contribution in [3.05, 3.63) is 0 Å². The van der Waals surface area contributed by atoms with Gasteiger partial charge >= 0.3 is 0 Å². The van der Waals surface area contributed by atoms with Gasteiger partial charge in [0.1, 0.15) is 0 Å². The average Bonchev–Trinajstić information content (AvgIpc) is 2.38. The first-order chi connectivity index (χ1) is 9.31. The van der Waals surface area contributed by atoms with Gasteiger partial charge in [-0.05, 0) is 44.2 Å². The third kappa shape index (κ3) is 4.66. The molecular formula is C16H32F2N2. The van der Waals surface area contributed by atoms with E-state index >= 15 is 0 Å². The number of hydrogen-bond donors (Lipinski definition) is 1. The predicted molar refractivity (Wildman–Crippen MR) is 81.3 cm³/mol. The van der Waals surface area contributed by atoms with Gasteiger partial charge < -0.3 is 5.32 Å². The summed E-state index contributed by atoms with van der Waals surface area (Å²) < 4.78 is 25.4. The Morgan fingerprint density at radius 1 is 1.25 bits per heavy atom. The van der Waals surface area contributed by atoms with Gasteiger partial charge in [0.15, 0.2) is 0 Å². The molecule has 1 fully saturated rings. The number of hydrogen-bond acceptors (Lipinski definition) is 2. The summed E-state index contributed by atoms with van der Waals surface area (Å²) in [5, 5.41) is 3.49. The summed E-state index contributed by atoms with van der Waals surface area (Å²) in [5.41, 5.74) is 0.307. The van der Waals surface area contributed by atoms with Gasteiger partial charge in [-0.15, -0.1) is 0 Å². The van der Waals surface area contributed by atoms with Crippen molar-refractivity contribution in [1.82, 2.24) is 10.2 Å². The molecule has 1 aliphatic carbocycles. The number of likely N-dealkylation sites (N-methyl/N-ethyl adjacent to an activating group) is 2. The van der Waals surface area contributed by atoms with Crippen LogP contribution in [0.4, 0.5) is 8.78 Å². The third-order valence-corrected chi connectivity index (χ3v) is 5.29. The van der Waals surface area contributed by atoms with Crippen LogP contribution in [0.5, 0.6) is 0 Å². The molecule has 1 aliphatic rings. The molecular weight excluding hydrogens is 258 g/mol. The molecule has 3 unspecified atom stereocenters. The largest absolute Gasteiger partial charge is 0.313 e. The molecule has 0 aromatic rings. The van der Waals surface area contributed by atoms with Gasteiger partial charge in [0.2, 0.25) is 0 Å². The summed E-state index contributed by atoms with van der Waals surface area (Å²) in [5.74, 6) is 0.632. The molecule has 120 valence electrons. The SMILES string of the molecule is CCNC1CCC(C(C)(C)CC)CC1N(C)CC(F)F. The second-order valence-corrected chi connectivity index (χ2v) is 6.91. The normalized spacial score (nSPS) is 28.4. The maximum absolute atomic E-state index is 12.7. The van der Waals surface area contributed by atoms with E-state index in [9.17, 15) is 8.78 Å². The molecule has 0 saturated heterocycles. The molecule has 1 N–H and O–H groups in total. The van der Waals surface area contributed by atoms with E-state index in [4.69, 9.17) is 0 Å². The van der Waals surface area contributed by atoms with Crippen LogP contribution >= 0.6 is 0 Å². The van der Waals surface area contributed by atoms with Gasteiger partial charge in [-0.3, -0.25) is 4.90 Å². The second-order valence-electron chi connectivity index (χ2n) is 6.91. The highest BCUT2D eigenvalue weighted by Gasteiger charge is 2.38. The van der Waals surface area contributed by atoms with Gasteiger partial charge in [0.05, 0.1) is 6.54 Å². The minimum absolute atomic E-state index is 0.119. The Balaban J connectivity index is 2.76. The van der Waals surface area contributed by atoms with Crippen LogP contribution in [0, 0.1) is 11.3 Å². The Kier molecular flexibility index (Phi) is 6.86. The zero-order chi connectivity index (χ0) is 15.3. The fraction of sp³-hybridized carbons (Fsp3) is 1.00. The zero-order valence-electron chi connectivity index (χ0n) is 13.8. The van der Waals surface area contributed by atoms with Gasteiger partial charge in [0.25, 0.3) is 6.43 Å². The highest BCUT2D eigenvalue weighted by atomic mass is 19.3. The molecule has 0 aromatic carbocycles. The third-order valence-electron chi connectivity index (χ3n) is 5.29. The van der Waals surface area contributed by atoms with Crippen LogP contribution < -0.4 is 5.32 Å². The minimum atomic E-state index is -2.25. The highest BCUT2D eigenvalue weighted by Crippen LogP contribution is 2.41. The molecule has 20 heavy (non-hydrogen) atoms. The summed E-state index contributed by atoms with van der Waals surface area (Å²) in [7, 11) is 1.85. The molecule has 0 spiro atoms. The van der Waals surface area contributed by atoms with Gasteiger partial charge in [-0.2, -0.15) is 0 Å². The van der Waals surface area contributed by atoms with Crippen LogP contribution in [0.15, 0.2) is 0 Å². The quantitative estimate of drug-likeness (QED) is 0.768. The average molecular weight is 290 g/mol. The first kappa shape index (κ1) is 17.8. The Morgan fingerprint density at radius 2 is 1.90 bits per heavy atom. The standard InChI is InChI=1S/C16H32F2N2/c1-6-16(3,4)12-8-9-13(19-7-2)14(10-12)20(5)11-15(17)18/h12-15,19H,6-11H2,1-5H3. The number of halogens is 2. The first-order valence-corrected chi connectivity index (χ1v) is 8.03. The zero-order valence-corrected chi connectivity index (χ0v) is 13.8. The fourth-order valence-corrected chi connectivity index (χ4v) is 3.49. The van der Waals surface area contributed by atoms with Gasteiger partial charge in [-0.1, -0.05) is 34.1 Å². The maximum Gasteiger partial charge on any atom is 0.251 e. The van der Waals surface area contributed by atoms with E-state index in [0.717, 1.165) is 25.8 Å². The van der Waals surface area contributed by atoms with Crippen LogP contribution in [0.3, 0.4) is 0 Å². The van der Waals surface area contributed by atoms with Crippen LogP contribution in [0.25, 0.3) is 0 Å². The molecule has 1 saturated carbocycles. The van der Waals surface area contributed by atoms with Gasteiger partial charge in [0, 0.05) is 12.1 Å². The van der Waals surface area contributed by atoms with Crippen molar-refractivity contribution in [2.24, 2.45) is 11.3 Å². The molecule has 0 radical (unpaired) electrons. The van der Waals surface area contributed by atoms with E-state index in [-0.39, 0.29) is 12.6 Å². The monoisotopic (exact) mass is 290 g/mol. The van der Waals surface area contributed by atoms with Crippen LogP contribution in [-0.4, -0.2) is 43.5 Å². The van der Waals surface area contributed by atoms with Crippen LogP contribution in [0.1, 0.15) is 53.4 Å². The Bertz CT molecular complexity index is 282. The summed E-state index contributed by atoms with van der Waals surface area (Å²) >= 11 is 0. The second kappa shape index (κ2) is 7.69. The molecule has 0 aliphatic heterocycles. The lowest BCUT2D eigenvalue weighted by atomic mass is 9.67. The molecule has 0 heterocycles. The van der Waals surface area contributed by atoms with E-state index < -0.39 is 6.43 Å². The number of alkyl halides is 2. The Labute approximate surface area is 123 Å². The number of rotatable bonds is 7. The number of nitrogens with zero attached hydrogens (tertiary/aromatic N) is 1. The molecule has 0 amide bonds. The van der Waals surface area contributed by atoms with Gasteiger partial charge in [-0.25, -0.2) is 8.78 Å². The van der Waals surface area contributed by atoms with Crippen molar-refractivity contribution < 1.29 is 8.78 Å². The van der Waals surface area contributed by atoms with E-state index in [1.807, 2.05) is 11.9 Å². The van der Waals surface area contributed by atoms with Crippen LogP contribution in [0.2, 0.25) is 0 Å². The summed E-state index contributed by atoms with van der Waals surface area (Å²) in [4.78, 5) is 1.87. The lowest BCUT2D eigenvalue weighted by molar-refractivity contribution is 0.0271. The minimum Gasteiger partial charge on any atom is -0.313 e. The fourth-order valence-electron chi connectivity index (χ4n) is 3.49. The lowest BCUT2D eigenvalue weighted by Crippen LogP contribution is -2.54. The topological polar surface area (TPSA) is 15.3 Å². The Morgan fingerprint density at radius 3 is 2.40 bits per heavy atom. The van der Waals surface area contributed by atoms with Crippen molar-refractivity contribution in [3.8, 4) is 0 Å². The number of nitrogens with one attached hydrogen (secondary N) is 1. The van der Waals surface area contributed by atoms with Crippen molar-refractivity contribution in [2.45, 2.75) is 71.9 Å². The van der Waals surface area contributed by atoms with E-state index in [2.05, 4.69) is 33.0 Å². The summed E-state index contributed by atoms with van der Waals surface area (Å²) in [6.07, 6.45) is 2.23. The van der Waals surface area contributed by atoms with Crippen LogP contribution in [-0.2, 0) is 0 Å². The van der Waals surface area contributed by atoms with Crippen molar-refractivity contribution in [3.63, 3.8) is 0 Å². The maximum atomic E-state index is 12.7. The molecule has 3 atom stereocenters. The van der Waals surface area contributed by atoms with E-state index in [1.165, 1.54) is 6.42 Å². The first-order valence-electron chi connectivity index (χ1n) is 8.03. The van der Waals surface area contributed by atoms with Crippen molar-refractivity contribution >= 4 is 0 Å². The molecule has 2 nitrogen and oxygen atoms in total. The summed E-state index contributed by atoms with van der Waals surface area (Å²) in [6.45, 7) is 9.74. The van der Waals surface area contributed by atoms with Crippen molar-refractivity contribution in [1.29, 1.82) is 0 Å². The predicted octanol–water partition coefficient (Wildman–Crippen LogP) is 3.77. The summed E-state index contributed by atoms with van der Waals surface area (Å²) in [6, 6.07) is 0.584. The lowest BCUT2D eigenvalue weighted by Gasteiger charge is -2.46. The molecule has 0 aromatic heterocycles. The van der Waals surface area contributed by atoms with Crippen molar-refractivity contribution in [2.75, 3.05) is 20.1 Å². The smallest absolute Gasteiger partial charge is 0.251 e. The van der Waals surface area contributed by atoms with E-state index in [0.29, 0.717) is 17.4 Å². The Hall–Kier alpha value is -0.220. The molecule has 0 bridgehead atoms. The molecule has 1 rings (SSSR count). The molecule has 4 heteroatoms. The van der Waals surface area contributed by atoms with E-state index in [1.54, 1.807) is 0 Å². The highest BCUT2D eigenvalue weighted by molar-refractivity contribution is 4.94.